The third-order valence-electron chi connectivity index (χ3n) is 7.98. The number of aliphatic hydroxyl groups is 2. The summed E-state index contributed by atoms with van der Waals surface area (Å²) in [7, 11) is 4.56. The highest BCUT2D eigenvalue weighted by molar-refractivity contribution is 6.35. The average Bonchev–Trinajstić information content (AvgIpc) is 3.58. The quantitative estimate of drug-likeness (QED) is 0.467. The Morgan fingerprint density at radius 3 is 2.64 bits per heavy atom. The molecule has 39 heavy (non-hydrogen) atoms. The Kier molecular flexibility index (Phi) is 8.35. The van der Waals surface area contributed by atoms with Crippen molar-refractivity contribution >= 4 is 29.3 Å². The minimum absolute atomic E-state index is 0.0310. The number of methoxy groups -OCH3 is 2. The Hall–Kier alpha value is -2.63. The summed E-state index contributed by atoms with van der Waals surface area (Å²) in [5.41, 5.74) is -0.479. The van der Waals surface area contributed by atoms with Crippen molar-refractivity contribution in [2.24, 2.45) is 5.92 Å². The van der Waals surface area contributed by atoms with E-state index in [1.54, 1.807) is 26.1 Å². The van der Waals surface area contributed by atoms with E-state index in [-0.39, 0.29) is 23.8 Å². The van der Waals surface area contributed by atoms with Gasteiger partial charge >= 0.3 is 6.09 Å². The number of rotatable bonds is 2. The highest BCUT2D eigenvalue weighted by atomic mass is 35.5. The molecule has 7 unspecified atom stereocenters. The second kappa shape index (κ2) is 11.1. The lowest BCUT2D eigenvalue weighted by Gasteiger charge is -2.42. The molecule has 2 fully saturated rings. The molecule has 7 atom stereocenters. The molecule has 3 heterocycles. The van der Waals surface area contributed by atoms with Crippen LogP contribution in [0.4, 0.5) is 10.5 Å². The molecule has 0 radical (unpaired) electrons. The van der Waals surface area contributed by atoms with Crippen LogP contribution in [0.15, 0.2) is 35.9 Å². The number of hydrogen-bond acceptors (Lipinski definition) is 8. The summed E-state index contributed by atoms with van der Waals surface area (Å²) in [4.78, 5) is 27.1. The lowest BCUT2D eigenvalue weighted by atomic mass is 9.84. The summed E-state index contributed by atoms with van der Waals surface area (Å²) in [6, 6.07) is 3.63. The second-order valence-corrected chi connectivity index (χ2v) is 11.2. The predicted molar refractivity (Wildman–Crippen MR) is 145 cm³/mol. The molecule has 4 rings (SSSR count). The van der Waals surface area contributed by atoms with Gasteiger partial charge in [-0.15, -0.1) is 0 Å². The Labute approximate surface area is 233 Å². The summed E-state index contributed by atoms with van der Waals surface area (Å²) in [6.45, 7) is 5.48. The SMILES string of the molecule is COc1cc2cc(c1Cl)N(C)C(=O)CC(O)C1(C)OC1C(C)C1CC(O)(NC(=O)O1)C(OC)/C=C\C=C(\C)C2. The number of benzene rings is 1. The van der Waals surface area contributed by atoms with Crippen LogP contribution < -0.4 is 15.0 Å². The molecular formula is C28H37ClN2O8. The topological polar surface area (TPSA) is 130 Å². The van der Waals surface area contributed by atoms with Crippen LogP contribution in [-0.2, 0) is 25.4 Å². The van der Waals surface area contributed by atoms with Crippen molar-refractivity contribution in [1.29, 1.82) is 0 Å². The molecule has 214 valence electrons. The predicted octanol–water partition coefficient (Wildman–Crippen LogP) is 3.12. The minimum atomic E-state index is -1.73. The number of nitrogens with one attached hydrogen (secondary N) is 1. The van der Waals surface area contributed by atoms with Crippen LogP contribution in [0.2, 0.25) is 5.02 Å². The summed E-state index contributed by atoms with van der Waals surface area (Å²) >= 11 is 6.58. The van der Waals surface area contributed by atoms with Gasteiger partial charge in [-0.1, -0.05) is 42.3 Å². The largest absolute Gasteiger partial charge is 0.495 e. The summed E-state index contributed by atoms with van der Waals surface area (Å²) in [6.07, 6.45) is 1.63. The van der Waals surface area contributed by atoms with Crippen molar-refractivity contribution in [3.05, 3.63) is 46.5 Å². The number of ether oxygens (including phenoxy) is 4. The highest BCUT2D eigenvalue weighted by Gasteiger charge is 2.62. The highest BCUT2D eigenvalue weighted by Crippen LogP contribution is 2.48. The monoisotopic (exact) mass is 564 g/mol. The van der Waals surface area contributed by atoms with Crippen molar-refractivity contribution < 1.29 is 38.7 Å². The third-order valence-corrected chi connectivity index (χ3v) is 8.36. The van der Waals surface area contributed by atoms with E-state index in [0.29, 0.717) is 17.9 Å². The zero-order valence-corrected chi connectivity index (χ0v) is 23.8. The number of aliphatic hydroxyl groups excluding tert-OH is 1. The van der Waals surface area contributed by atoms with Gasteiger partial charge in [-0.2, -0.15) is 0 Å². The van der Waals surface area contributed by atoms with Gasteiger partial charge in [0.15, 0.2) is 5.72 Å². The van der Waals surface area contributed by atoms with Crippen LogP contribution in [-0.4, -0.2) is 79.2 Å². The van der Waals surface area contributed by atoms with E-state index < -0.39 is 47.8 Å². The van der Waals surface area contributed by atoms with Crippen molar-refractivity contribution in [3.63, 3.8) is 0 Å². The number of epoxide rings is 1. The van der Waals surface area contributed by atoms with E-state index in [2.05, 4.69) is 5.32 Å². The molecule has 2 amide bonds. The minimum Gasteiger partial charge on any atom is -0.495 e. The first-order valence-electron chi connectivity index (χ1n) is 12.9. The Morgan fingerprint density at radius 1 is 1.26 bits per heavy atom. The number of fused-ring (bicyclic) bond motifs is 5. The molecule has 0 aromatic heterocycles. The lowest BCUT2D eigenvalue weighted by Crippen LogP contribution is -2.63. The number of carbonyl (C=O) groups is 2. The zero-order chi connectivity index (χ0) is 28.7. The molecule has 10 nitrogen and oxygen atoms in total. The molecule has 3 aliphatic rings. The fourth-order valence-corrected chi connectivity index (χ4v) is 5.78. The van der Waals surface area contributed by atoms with Crippen LogP contribution in [0.3, 0.4) is 0 Å². The first-order chi connectivity index (χ1) is 18.3. The van der Waals surface area contributed by atoms with Crippen LogP contribution in [0, 0.1) is 5.92 Å². The van der Waals surface area contributed by atoms with Crippen molar-refractivity contribution in [2.45, 2.75) is 75.8 Å². The van der Waals surface area contributed by atoms with Gasteiger partial charge in [0.1, 0.15) is 28.6 Å². The van der Waals surface area contributed by atoms with E-state index >= 15 is 0 Å². The molecule has 4 bridgehead atoms. The maximum Gasteiger partial charge on any atom is 0.409 e. The maximum atomic E-state index is 13.3. The lowest BCUT2D eigenvalue weighted by molar-refractivity contribution is -0.142. The first kappa shape index (κ1) is 29.4. The van der Waals surface area contributed by atoms with Crippen molar-refractivity contribution in [3.8, 4) is 5.75 Å². The number of carbonyl (C=O) groups excluding carboxylic acids is 2. The maximum absolute atomic E-state index is 13.3. The number of allylic oxidation sites excluding steroid dienone is 3. The number of alkyl carbamates (subject to hydrolysis) is 1. The smallest absolute Gasteiger partial charge is 0.409 e. The Bertz CT molecular complexity index is 1190. The standard InChI is InChI=1S/C28H37ClN2O8/c1-15-8-7-9-22(37-6)28(35)14-20(38-26(34)30-28)16(2)25-27(3,39-25)21(32)13-23(33)31(4)18-11-17(10-15)12-19(36-5)24(18)29/h7-9,11-12,16,20-22,25,32,35H,10,13-14H2,1-6H3,(H,30,34)/b9-7-,15-8-. The van der Waals surface area contributed by atoms with Crippen molar-refractivity contribution in [1.82, 2.24) is 5.32 Å². The molecule has 3 aliphatic heterocycles. The Morgan fingerprint density at radius 2 is 1.97 bits per heavy atom. The summed E-state index contributed by atoms with van der Waals surface area (Å²) in [5.74, 6) is -0.323. The van der Waals surface area contributed by atoms with E-state index in [1.165, 1.54) is 19.1 Å². The third kappa shape index (κ3) is 5.81. The summed E-state index contributed by atoms with van der Waals surface area (Å²) < 4.78 is 22.4. The number of halogens is 1. The number of amides is 2. The van der Waals surface area contributed by atoms with Gasteiger partial charge in [0, 0.05) is 26.5 Å². The number of hydrogen-bond donors (Lipinski definition) is 3. The molecule has 0 aliphatic carbocycles. The van der Waals surface area contributed by atoms with Crippen molar-refractivity contribution in [2.75, 3.05) is 26.2 Å². The van der Waals surface area contributed by atoms with Crippen LogP contribution >= 0.6 is 11.6 Å². The van der Waals surface area contributed by atoms with Gasteiger partial charge in [-0.05, 0) is 38.0 Å². The molecule has 3 N–H and O–H groups in total. The normalized spacial score (nSPS) is 37.6. The molecule has 0 saturated carbocycles. The number of nitrogens with zero attached hydrogens (tertiary/aromatic N) is 1. The molecular weight excluding hydrogens is 528 g/mol. The van der Waals surface area contributed by atoms with E-state index in [1.807, 2.05) is 32.1 Å². The molecule has 11 heteroatoms. The molecule has 0 spiro atoms. The van der Waals surface area contributed by atoms with Gasteiger partial charge in [0.2, 0.25) is 5.91 Å². The zero-order valence-electron chi connectivity index (χ0n) is 23.1. The van der Waals surface area contributed by atoms with E-state index in [4.69, 9.17) is 30.5 Å². The molecule has 1 aromatic carbocycles. The molecule has 1 aromatic rings. The van der Waals surface area contributed by atoms with E-state index in [0.717, 1.165) is 11.1 Å². The van der Waals surface area contributed by atoms with E-state index in [9.17, 15) is 19.8 Å². The summed E-state index contributed by atoms with van der Waals surface area (Å²) in [5, 5.41) is 25.3. The molecule has 2 saturated heterocycles. The van der Waals surface area contributed by atoms with Gasteiger partial charge < -0.3 is 34.1 Å². The van der Waals surface area contributed by atoms with Crippen LogP contribution in [0.5, 0.6) is 5.75 Å². The second-order valence-electron chi connectivity index (χ2n) is 10.8. The van der Waals surface area contributed by atoms with Gasteiger partial charge in [0.25, 0.3) is 0 Å². The van der Waals surface area contributed by atoms with Crippen LogP contribution in [0.25, 0.3) is 0 Å². The van der Waals surface area contributed by atoms with Gasteiger partial charge in [-0.3, -0.25) is 10.1 Å². The van der Waals surface area contributed by atoms with Crippen LogP contribution in [0.1, 0.15) is 39.2 Å². The fraction of sp³-hybridized carbons (Fsp3) is 0.571. The number of anilines is 1. The van der Waals surface area contributed by atoms with Gasteiger partial charge in [0.05, 0.1) is 31.4 Å². The van der Waals surface area contributed by atoms with Gasteiger partial charge in [-0.25, -0.2) is 4.79 Å². The average molecular weight is 565 g/mol. The Balaban J connectivity index is 1.74. The first-order valence-corrected chi connectivity index (χ1v) is 13.3. The fourth-order valence-electron chi connectivity index (χ4n) is 5.46.